The molecule has 0 radical (unpaired) electrons. The van der Waals surface area contributed by atoms with Crippen molar-refractivity contribution in [2.75, 3.05) is 23.7 Å². The third kappa shape index (κ3) is 7.39. The van der Waals surface area contributed by atoms with E-state index in [0.29, 0.717) is 22.2 Å². The number of hydrogen-bond donors (Lipinski definition) is 1. The van der Waals surface area contributed by atoms with E-state index in [9.17, 15) is 18.0 Å². The van der Waals surface area contributed by atoms with Crippen LogP contribution in [-0.4, -0.2) is 50.5 Å². The highest BCUT2D eigenvalue weighted by Crippen LogP contribution is 2.29. The summed E-state index contributed by atoms with van der Waals surface area (Å²) in [4.78, 5) is 27.6. The highest BCUT2D eigenvalue weighted by molar-refractivity contribution is 7.92. The summed E-state index contributed by atoms with van der Waals surface area (Å²) in [6, 6.07) is 8.24. The van der Waals surface area contributed by atoms with Crippen LogP contribution < -0.4 is 9.62 Å². The van der Waals surface area contributed by atoms with E-state index in [1.165, 1.54) is 23.1 Å². The minimum Gasteiger partial charge on any atom is -0.355 e. The summed E-state index contributed by atoms with van der Waals surface area (Å²) < 4.78 is 26.1. The van der Waals surface area contributed by atoms with Gasteiger partial charge in [0.25, 0.3) is 0 Å². The molecule has 1 N–H and O–H groups in total. The molecule has 0 saturated heterocycles. The molecule has 2 amide bonds. The van der Waals surface area contributed by atoms with Crippen molar-refractivity contribution in [3.63, 3.8) is 0 Å². The molecule has 34 heavy (non-hydrogen) atoms. The van der Waals surface area contributed by atoms with Crippen LogP contribution in [0.15, 0.2) is 36.4 Å². The van der Waals surface area contributed by atoms with Crippen LogP contribution in [-0.2, 0) is 26.2 Å². The minimum atomic E-state index is -3.92. The Morgan fingerprint density at radius 1 is 1.00 bits per heavy atom. The number of nitrogens with zero attached hydrogens (tertiary/aromatic N) is 2. The van der Waals surface area contributed by atoms with E-state index in [2.05, 4.69) is 5.32 Å². The van der Waals surface area contributed by atoms with Gasteiger partial charge in [-0.2, -0.15) is 0 Å². The lowest BCUT2D eigenvalue weighted by molar-refractivity contribution is -0.140. The van der Waals surface area contributed by atoms with Gasteiger partial charge in [-0.3, -0.25) is 13.9 Å². The van der Waals surface area contributed by atoms with Gasteiger partial charge in [-0.05, 0) is 43.7 Å². The highest BCUT2D eigenvalue weighted by Gasteiger charge is 2.32. The molecule has 2 aromatic rings. The summed E-state index contributed by atoms with van der Waals surface area (Å²) in [5.74, 6) is -1.01. The second-order valence-corrected chi connectivity index (χ2v) is 11.0. The third-order valence-corrected chi connectivity index (χ3v) is 7.23. The van der Waals surface area contributed by atoms with E-state index >= 15 is 0 Å². The molecule has 0 aliphatic heterocycles. The number of carbonyl (C=O) groups excluding carboxylic acids is 2. The first-order valence-electron chi connectivity index (χ1n) is 10.3. The standard InChI is InChI=1S/C22H25Cl4N3O4S/c1-4-20(22(31)27-5-2)28(12-17-18(25)7-6-8-19(17)26)21(30)13-29(34(3,32)33)16-10-14(23)9-15(24)11-16/h6-11,20H,4-5,12-13H2,1-3H3,(H,27,31)/t20-/m1/s1. The zero-order chi connectivity index (χ0) is 25.6. The van der Waals surface area contributed by atoms with E-state index in [4.69, 9.17) is 46.4 Å². The van der Waals surface area contributed by atoms with Gasteiger partial charge in [-0.25, -0.2) is 8.42 Å². The van der Waals surface area contributed by atoms with Gasteiger partial charge in [-0.1, -0.05) is 59.4 Å². The fraction of sp³-hybridized carbons (Fsp3) is 0.364. The van der Waals surface area contributed by atoms with Gasteiger partial charge in [0.2, 0.25) is 21.8 Å². The molecule has 7 nitrogen and oxygen atoms in total. The zero-order valence-electron chi connectivity index (χ0n) is 18.8. The van der Waals surface area contributed by atoms with Crippen LogP contribution in [0.5, 0.6) is 0 Å². The van der Waals surface area contributed by atoms with Gasteiger partial charge < -0.3 is 10.2 Å². The van der Waals surface area contributed by atoms with Gasteiger partial charge in [0.1, 0.15) is 12.6 Å². The lowest BCUT2D eigenvalue weighted by Crippen LogP contribution is -2.52. The number of hydrogen-bond acceptors (Lipinski definition) is 4. The molecule has 0 spiro atoms. The molecule has 2 aromatic carbocycles. The first-order chi connectivity index (χ1) is 15.9. The minimum absolute atomic E-state index is 0.0963. The molecule has 0 fully saturated rings. The van der Waals surface area contributed by atoms with Crippen molar-refractivity contribution < 1.29 is 18.0 Å². The van der Waals surface area contributed by atoms with Crippen LogP contribution in [0.3, 0.4) is 0 Å². The Balaban J connectivity index is 2.52. The number of likely N-dealkylation sites (N-methyl/N-ethyl adjacent to an activating group) is 1. The van der Waals surface area contributed by atoms with E-state index in [0.717, 1.165) is 10.6 Å². The first kappa shape index (κ1) is 28.5. The van der Waals surface area contributed by atoms with Gasteiger partial charge in [0.05, 0.1) is 11.9 Å². The van der Waals surface area contributed by atoms with Crippen molar-refractivity contribution in [2.24, 2.45) is 0 Å². The van der Waals surface area contributed by atoms with Gasteiger partial charge in [0, 0.05) is 38.7 Å². The summed E-state index contributed by atoms with van der Waals surface area (Å²) in [7, 11) is -3.92. The van der Waals surface area contributed by atoms with Crippen molar-refractivity contribution in [1.29, 1.82) is 0 Å². The smallest absolute Gasteiger partial charge is 0.244 e. The van der Waals surface area contributed by atoms with Gasteiger partial charge in [0.15, 0.2) is 0 Å². The Hall–Kier alpha value is -1.71. The second-order valence-electron chi connectivity index (χ2n) is 7.44. The van der Waals surface area contributed by atoms with Crippen molar-refractivity contribution in [2.45, 2.75) is 32.9 Å². The van der Waals surface area contributed by atoms with Crippen LogP contribution in [0.4, 0.5) is 5.69 Å². The summed E-state index contributed by atoms with van der Waals surface area (Å²) in [5.41, 5.74) is 0.564. The third-order valence-electron chi connectivity index (χ3n) is 4.94. The fourth-order valence-corrected chi connectivity index (χ4v) is 5.23. The summed E-state index contributed by atoms with van der Waals surface area (Å²) >= 11 is 24.7. The predicted molar refractivity (Wildman–Crippen MR) is 138 cm³/mol. The molecule has 0 bridgehead atoms. The van der Waals surface area contributed by atoms with Crippen LogP contribution in [0.2, 0.25) is 20.1 Å². The van der Waals surface area contributed by atoms with Crippen molar-refractivity contribution in [3.05, 3.63) is 62.1 Å². The quantitative estimate of drug-likeness (QED) is 0.436. The molecule has 1 atom stereocenters. The van der Waals surface area contributed by atoms with Crippen molar-refractivity contribution in [1.82, 2.24) is 10.2 Å². The van der Waals surface area contributed by atoms with Crippen molar-refractivity contribution >= 4 is 73.9 Å². The van der Waals surface area contributed by atoms with E-state index < -0.39 is 28.5 Å². The molecule has 0 saturated carbocycles. The SMILES string of the molecule is CCNC(=O)[C@@H](CC)N(Cc1c(Cl)cccc1Cl)C(=O)CN(c1cc(Cl)cc(Cl)c1)S(C)(=O)=O. The lowest BCUT2D eigenvalue weighted by Gasteiger charge is -2.33. The predicted octanol–water partition coefficient (Wildman–Crippen LogP) is 5.01. The maximum Gasteiger partial charge on any atom is 0.244 e. The molecule has 0 heterocycles. The van der Waals surface area contributed by atoms with Crippen LogP contribution in [0.25, 0.3) is 0 Å². The lowest BCUT2D eigenvalue weighted by atomic mass is 10.1. The fourth-order valence-electron chi connectivity index (χ4n) is 3.36. The Kier molecular flexibility index (Phi) is 10.3. The number of benzene rings is 2. The first-order valence-corrected chi connectivity index (χ1v) is 13.7. The molecule has 0 aromatic heterocycles. The number of sulfonamides is 1. The number of halogens is 4. The van der Waals surface area contributed by atoms with E-state index in [1.807, 2.05) is 0 Å². The second kappa shape index (κ2) is 12.3. The number of carbonyl (C=O) groups is 2. The molecule has 12 heteroatoms. The van der Waals surface area contributed by atoms with Crippen LogP contribution in [0, 0.1) is 0 Å². The Labute approximate surface area is 220 Å². The molecular formula is C22H25Cl4N3O4S. The van der Waals surface area contributed by atoms with Crippen LogP contribution in [0.1, 0.15) is 25.8 Å². The molecule has 0 aliphatic rings. The Bertz CT molecular complexity index is 1120. The molecule has 2 rings (SSSR count). The maximum absolute atomic E-state index is 13.6. The number of amides is 2. The summed E-state index contributed by atoms with van der Waals surface area (Å²) in [6.07, 6.45) is 1.24. The topological polar surface area (TPSA) is 86.8 Å². The van der Waals surface area contributed by atoms with Crippen molar-refractivity contribution in [3.8, 4) is 0 Å². The van der Waals surface area contributed by atoms with Gasteiger partial charge in [-0.15, -0.1) is 0 Å². The Morgan fingerprint density at radius 3 is 2.03 bits per heavy atom. The highest BCUT2D eigenvalue weighted by atomic mass is 35.5. The summed E-state index contributed by atoms with van der Waals surface area (Å²) in [5, 5.41) is 3.76. The van der Waals surface area contributed by atoms with E-state index in [1.54, 1.807) is 32.0 Å². The summed E-state index contributed by atoms with van der Waals surface area (Å²) in [6.45, 7) is 3.19. The van der Waals surface area contributed by atoms with E-state index in [-0.39, 0.29) is 34.6 Å². The zero-order valence-corrected chi connectivity index (χ0v) is 22.7. The normalized spacial score (nSPS) is 12.2. The average Bonchev–Trinajstić information content (AvgIpc) is 2.72. The molecular weight excluding hydrogens is 544 g/mol. The monoisotopic (exact) mass is 567 g/mol. The largest absolute Gasteiger partial charge is 0.355 e. The Morgan fingerprint density at radius 2 is 1.56 bits per heavy atom. The average molecular weight is 569 g/mol. The van der Waals surface area contributed by atoms with Crippen LogP contribution >= 0.6 is 46.4 Å². The number of anilines is 1. The van der Waals surface area contributed by atoms with Gasteiger partial charge >= 0.3 is 0 Å². The molecule has 0 aliphatic carbocycles. The molecule has 186 valence electrons. The molecule has 0 unspecified atom stereocenters. The maximum atomic E-state index is 13.6. The number of nitrogens with one attached hydrogen (secondary N) is 1. The number of rotatable bonds is 10.